The lowest BCUT2D eigenvalue weighted by molar-refractivity contribution is 0.182. The van der Waals surface area contributed by atoms with Gasteiger partial charge in [0.25, 0.3) is 0 Å². The van der Waals surface area contributed by atoms with Crippen molar-refractivity contribution < 1.29 is 0 Å². The minimum absolute atomic E-state index is 0.163. The Morgan fingerprint density at radius 3 is 2.44 bits per heavy atom. The Morgan fingerprint density at radius 1 is 1.06 bits per heavy atom. The van der Waals surface area contributed by atoms with Crippen molar-refractivity contribution in [3.8, 4) is 0 Å². The van der Waals surface area contributed by atoms with Crippen LogP contribution in [-0.2, 0) is 0 Å². The van der Waals surface area contributed by atoms with Gasteiger partial charge in [0.1, 0.15) is 0 Å². The normalized spacial score (nSPS) is 22.4. The lowest BCUT2D eigenvalue weighted by Crippen LogP contribution is -2.41. The third-order valence-corrected chi connectivity index (χ3v) is 3.79. The van der Waals surface area contributed by atoms with E-state index in [-0.39, 0.29) is 6.04 Å². The van der Waals surface area contributed by atoms with Gasteiger partial charge >= 0.3 is 0 Å². The Kier molecular flexibility index (Phi) is 4.75. The second-order valence-electron chi connectivity index (χ2n) is 5.41. The van der Waals surface area contributed by atoms with Gasteiger partial charge in [-0.3, -0.25) is 4.90 Å². The summed E-state index contributed by atoms with van der Waals surface area (Å²) in [6.45, 7) is 6.70. The molecule has 0 saturated carbocycles. The Morgan fingerprint density at radius 2 is 1.78 bits per heavy atom. The number of nitrogens with zero attached hydrogens (tertiary/aromatic N) is 2. The van der Waals surface area contributed by atoms with Crippen molar-refractivity contribution in [2.45, 2.75) is 25.4 Å². The van der Waals surface area contributed by atoms with Gasteiger partial charge in [0, 0.05) is 31.7 Å². The summed E-state index contributed by atoms with van der Waals surface area (Å²) in [6, 6.07) is 11.2. The second-order valence-corrected chi connectivity index (χ2v) is 5.41. The fourth-order valence-corrected chi connectivity index (χ4v) is 2.84. The number of rotatable bonds is 3. The molecule has 1 saturated heterocycles. The Labute approximate surface area is 111 Å². The van der Waals surface area contributed by atoms with E-state index in [0.29, 0.717) is 6.04 Å². The van der Waals surface area contributed by atoms with Crippen LogP contribution in [0.15, 0.2) is 30.3 Å². The first-order chi connectivity index (χ1) is 8.68. The molecule has 1 aliphatic heterocycles. The third kappa shape index (κ3) is 3.31. The van der Waals surface area contributed by atoms with Gasteiger partial charge in [0.15, 0.2) is 0 Å². The topological polar surface area (TPSA) is 32.5 Å². The van der Waals surface area contributed by atoms with Crippen LogP contribution in [0.2, 0.25) is 0 Å². The standard InChI is InChI=1S/C15H25N3/c1-13(16)15(14-7-4-3-5-8-14)18-10-6-9-17(2)11-12-18/h3-5,7-8,13,15H,6,9-12,16H2,1-2H3. The van der Waals surface area contributed by atoms with Crippen LogP contribution in [0.5, 0.6) is 0 Å². The monoisotopic (exact) mass is 247 g/mol. The smallest absolute Gasteiger partial charge is 0.0497 e. The first-order valence-electron chi connectivity index (χ1n) is 6.91. The lowest BCUT2D eigenvalue weighted by atomic mass is 9.99. The molecular formula is C15H25N3. The highest BCUT2D eigenvalue weighted by Gasteiger charge is 2.25. The molecule has 1 aromatic carbocycles. The van der Waals surface area contributed by atoms with Crippen LogP contribution < -0.4 is 5.73 Å². The molecule has 100 valence electrons. The zero-order valence-electron chi connectivity index (χ0n) is 11.5. The molecule has 1 fully saturated rings. The van der Waals surface area contributed by atoms with E-state index in [0.717, 1.165) is 19.6 Å². The van der Waals surface area contributed by atoms with Crippen molar-refractivity contribution in [3.05, 3.63) is 35.9 Å². The van der Waals surface area contributed by atoms with Crippen molar-refractivity contribution in [1.82, 2.24) is 9.80 Å². The molecule has 0 amide bonds. The Balaban J connectivity index is 2.15. The second kappa shape index (κ2) is 6.32. The van der Waals surface area contributed by atoms with Crippen molar-refractivity contribution in [3.63, 3.8) is 0 Å². The average Bonchev–Trinajstić information content (AvgIpc) is 2.56. The number of hydrogen-bond donors (Lipinski definition) is 1. The summed E-state index contributed by atoms with van der Waals surface area (Å²) in [4.78, 5) is 4.95. The highest BCUT2D eigenvalue weighted by Crippen LogP contribution is 2.24. The van der Waals surface area contributed by atoms with Gasteiger partial charge in [-0.2, -0.15) is 0 Å². The largest absolute Gasteiger partial charge is 0.326 e. The predicted molar refractivity (Wildman–Crippen MR) is 76.5 cm³/mol. The van der Waals surface area contributed by atoms with Crippen molar-refractivity contribution in [1.29, 1.82) is 0 Å². The molecule has 0 aliphatic carbocycles. The first-order valence-corrected chi connectivity index (χ1v) is 6.91. The number of likely N-dealkylation sites (N-methyl/N-ethyl adjacent to an activating group) is 1. The molecule has 1 aliphatic rings. The van der Waals surface area contributed by atoms with Crippen molar-refractivity contribution in [2.24, 2.45) is 5.73 Å². The number of benzene rings is 1. The van der Waals surface area contributed by atoms with Crippen molar-refractivity contribution in [2.75, 3.05) is 33.2 Å². The van der Waals surface area contributed by atoms with Gasteiger partial charge in [0.2, 0.25) is 0 Å². The van der Waals surface area contributed by atoms with Crippen LogP contribution in [0.3, 0.4) is 0 Å². The predicted octanol–water partition coefficient (Wildman–Crippen LogP) is 1.71. The number of nitrogens with two attached hydrogens (primary N) is 1. The molecule has 3 heteroatoms. The first kappa shape index (κ1) is 13.5. The maximum atomic E-state index is 6.23. The minimum Gasteiger partial charge on any atom is -0.326 e. The molecule has 1 heterocycles. The molecule has 18 heavy (non-hydrogen) atoms. The number of hydrogen-bond acceptors (Lipinski definition) is 3. The van der Waals surface area contributed by atoms with Gasteiger partial charge in [-0.05, 0) is 32.5 Å². The SMILES string of the molecule is CC(N)C(c1ccccc1)N1CCCN(C)CC1. The summed E-state index contributed by atoms with van der Waals surface area (Å²) >= 11 is 0. The van der Waals surface area contributed by atoms with E-state index in [1.165, 1.54) is 18.5 Å². The average molecular weight is 247 g/mol. The Hall–Kier alpha value is -0.900. The van der Waals surface area contributed by atoms with Crippen LogP contribution in [0.1, 0.15) is 24.9 Å². The fraction of sp³-hybridized carbons (Fsp3) is 0.600. The van der Waals surface area contributed by atoms with E-state index in [2.05, 4.69) is 54.1 Å². The molecule has 0 radical (unpaired) electrons. The summed E-state index contributed by atoms with van der Waals surface area (Å²) in [5.74, 6) is 0. The molecule has 2 N–H and O–H groups in total. The van der Waals surface area contributed by atoms with Gasteiger partial charge in [-0.25, -0.2) is 0 Å². The summed E-state index contributed by atoms with van der Waals surface area (Å²) < 4.78 is 0. The zero-order valence-corrected chi connectivity index (χ0v) is 11.5. The zero-order chi connectivity index (χ0) is 13.0. The Bertz CT molecular complexity index is 350. The van der Waals surface area contributed by atoms with Crippen molar-refractivity contribution >= 4 is 0 Å². The van der Waals surface area contributed by atoms with E-state index in [1.54, 1.807) is 0 Å². The molecule has 1 aromatic rings. The van der Waals surface area contributed by atoms with E-state index in [9.17, 15) is 0 Å². The summed E-state index contributed by atoms with van der Waals surface area (Å²) in [5.41, 5.74) is 7.57. The van der Waals surface area contributed by atoms with Gasteiger partial charge < -0.3 is 10.6 Å². The quantitative estimate of drug-likeness (QED) is 0.882. The fourth-order valence-electron chi connectivity index (χ4n) is 2.84. The molecule has 2 atom stereocenters. The van der Waals surface area contributed by atoms with Crippen LogP contribution in [0.25, 0.3) is 0 Å². The van der Waals surface area contributed by atoms with E-state index in [4.69, 9.17) is 5.73 Å². The van der Waals surface area contributed by atoms with Gasteiger partial charge in [0.05, 0.1) is 0 Å². The van der Waals surface area contributed by atoms with Crippen LogP contribution in [0.4, 0.5) is 0 Å². The van der Waals surface area contributed by atoms with Crippen LogP contribution in [-0.4, -0.2) is 49.1 Å². The summed E-state index contributed by atoms with van der Waals surface area (Å²) in [6.07, 6.45) is 1.23. The lowest BCUT2D eigenvalue weighted by Gasteiger charge is -2.33. The maximum absolute atomic E-state index is 6.23. The van der Waals surface area contributed by atoms with E-state index < -0.39 is 0 Å². The minimum atomic E-state index is 0.163. The van der Waals surface area contributed by atoms with Crippen LogP contribution >= 0.6 is 0 Å². The molecule has 0 aromatic heterocycles. The molecule has 3 nitrogen and oxygen atoms in total. The van der Waals surface area contributed by atoms with Gasteiger partial charge in [-0.15, -0.1) is 0 Å². The highest BCUT2D eigenvalue weighted by molar-refractivity contribution is 5.20. The summed E-state index contributed by atoms with van der Waals surface area (Å²) in [7, 11) is 2.20. The third-order valence-electron chi connectivity index (χ3n) is 3.79. The van der Waals surface area contributed by atoms with E-state index >= 15 is 0 Å². The maximum Gasteiger partial charge on any atom is 0.0497 e. The molecule has 0 spiro atoms. The molecule has 0 bridgehead atoms. The summed E-state index contributed by atoms with van der Waals surface area (Å²) in [5, 5.41) is 0. The van der Waals surface area contributed by atoms with E-state index in [1.807, 2.05) is 0 Å². The van der Waals surface area contributed by atoms with Crippen LogP contribution in [0, 0.1) is 0 Å². The van der Waals surface area contributed by atoms with Gasteiger partial charge in [-0.1, -0.05) is 30.3 Å². The molecule has 2 unspecified atom stereocenters. The highest BCUT2D eigenvalue weighted by atomic mass is 15.2. The molecular weight excluding hydrogens is 222 g/mol. The molecule has 2 rings (SSSR count).